The Morgan fingerprint density at radius 2 is 1.15 bits per heavy atom. The molecule has 0 fully saturated rings. The third kappa shape index (κ3) is 12.5. The van der Waals surface area contributed by atoms with Crippen LogP contribution in [0.15, 0.2) is 0 Å². The fourth-order valence-corrected chi connectivity index (χ4v) is 0. The standard InChI is InChI=1S/C6H15N.C4H9N.W/c1-6(2,3)7(4)5;1-4-5(2)3;/h1-5H3;1-3H3;. The predicted octanol–water partition coefficient (Wildman–Crippen LogP) is 1.59. The molecule has 0 aliphatic rings. The van der Waals surface area contributed by atoms with Gasteiger partial charge in [0.2, 0.25) is 0 Å². The van der Waals surface area contributed by atoms with Gasteiger partial charge in [0, 0.05) is 5.54 Å². The summed E-state index contributed by atoms with van der Waals surface area (Å²) < 4.78 is 1.43. The average Bonchev–Trinajstić information content (AvgIpc) is 1.86. The Bertz CT molecular complexity index is 145. The van der Waals surface area contributed by atoms with Gasteiger partial charge in [0.1, 0.15) is 0 Å². The summed E-state index contributed by atoms with van der Waals surface area (Å²) >= 11 is 1.55. The minimum atomic E-state index is 0.333. The summed E-state index contributed by atoms with van der Waals surface area (Å²) in [4.78, 5) is 4.31. The third-order valence-electron chi connectivity index (χ3n) is 1.97. The van der Waals surface area contributed by atoms with Crippen molar-refractivity contribution in [3.05, 3.63) is 0 Å². The predicted molar refractivity (Wildman–Crippen MR) is 57.8 cm³/mol. The molecule has 0 saturated carbocycles. The van der Waals surface area contributed by atoms with E-state index in [4.69, 9.17) is 0 Å². The van der Waals surface area contributed by atoms with Gasteiger partial charge < -0.3 is 4.90 Å². The Morgan fingerprint density at radius 1 is 1.00 bits per heavy atom. The second kappa shape index (κ2) is 6.86. The molecule has 13 heavy (non-hydrogen) atoms. The van der Waals surface area contributed by atoms with E-state index in [1.165, 1.54) is 4.02 Å². The number of hydrogen-bond acceptors (Lipinski definition) is 2. The fourth-order valence-electron chi connectivity index (χ4n) is 0. The van der Waals surface area contributed by atoms with Crippen LogP contribution in [0.5, 0.6) is 0 Å². The Balaban J connectivity index is 0. The van der Waals surface area contributed by atoms with Gasteiger partial charge in [-0.25, -0.2) is 0 Å². The Morgan fingerprint density at radius 3 is 1.15 bits per heavy atom. The van der Waals surface area contributed by atoms with Gasteiger partial charge in [0.15, 0.2) is 0 Å². The van der Waals surface area contributed by atoms with Crippen molar-refractivity contribution in [3.8, 4) is 0 Å². The zero-order chi connectivity index (χ0) is 11.2. The summed E-state index contributed by atoms with van der Waals surface area (Å²) in [6, 6.07) is 0. The SMILES string of the molecule is CN(C)C(C)(C)C.C[C](=[W])N(C)C. The summed E-state index contributed by atoms with van der Waals surface area (Å²) in [5, 5.41) is 0. The van der Waals surface area contributed by atoms with Crippen LogP contribution >= 0.6 is 0 Å². The molecule has 80 valence electrons. The maximum atomic E-state index is 2.19. The van der Waals surface area contributed by atoms with Crippen LogP contribution in [0.4, 0.5) is 0 Å². The van der Waals surface area contributed by atoms with Gasteiger partial charge in [0.25, 0.3) is 0 Å². The summed E-state index contributed by atoms with van der Waals surface area (Å²) in [6.07, 6.45) is 0. The van der Waals surface area contributed by atoms with Crippen molar-refractivity contribution in [2.45, 2.75) is 33.2 Å². The molecule has 2 nitrogen and oxygen atoms in total. The van der Waals surface area contributed by atoms with E-state index in [0.717, 1.165) is 0 Å². The van der Waals surface area contributed by atoms with E-state index in [1.54, 1.807) is 19.4 Å². The van der Waals surface area contributed by atoms with Crippen LogP contribution in [0.2, 0.25) is 0 Å². The molecule has 0 aromatic heterocycles. The molecule has 0 N–H and O–H groups in total. The number of nitrogens with zero attached hydrogens (tertiary/aromatic N) is 2. The van der Waals surface area contributed by atoms with E-state index in [1.807, 2.05) is 0 Å². The normalized spacial score (nSPS) is 11.2. The topological polar surface area (TPSA) is 6.48 Å². The van der Waals surface area contributed by atoms with Crippen molar-refractivity contribution >= 4 is 4.02 Å². The van der Waals surface area contributed by atoms with E-state index in [9.17, 15) is 0 Å². The molecule has 0 bridgehead atoms. The van der Waals surface area contributed by atoms with Gasteiger partial charge in [0.05, 0.1) is 0 Å². The van der Waals surface area contributed by atoms with Crippen molar-refractivity contribution in [2.24, 2.45) is 0 Å². The molecule has 0 radical (unpaired) electrons. The van der Waals surface area contributed by atoms with Crippen LogP contribution in [0, 0.1) is 0 Å². The molecular weight excluding hydrogens is 332 g/mol. The number of hydrogen-bond donors (Lipinski definition) is 0. The molecule has 0 aromatic carbocycles. The fraction of sp³-hybridized carbons (Fsp3) is 0.900. The third-order valence-corrected chi connectivity index (χ3v) is 3.28. The molecule has 0 rings (SSSR count). The minimum absolute atomic E-state index is 0.333. The van der Waals surface area contributed by atoms with Gasteiger partial charge in [-0.3, -0.25) is 0 Å². The molecule has 0 aliphatic carbocycles. The summed E-state index contributed by atoms with van der Waals surface area (Å²) in [5.74, 6) is 0. The van der Waals surface area contributed by atoms with Gasteiger partial charge in [-0.2, -0.15) is 0 Å². The molecule has 0 aliphatic heterocycles. The Labute approximate surface area is 94.7 Å². The monoisotopic (exact) mass is 356 g/mol. The second-order valence-corrected chi connectivity index (χ2v) is 6.60. The van der Waals surface area contributed by atoms with Crippen LogP contribution in [-0.4, -0.2) is 47.6 Å². The molecule has 0 heterocycles. The first-order valence-electron chi connectivity index (χ1n) is 4.44. The van der Waals surface area contributed by atoms with Crippen molar-refractivity contribution < 1.29 is 19.4 Å². The Kier molecular flexibility index (Phi) is 8.41. The van der Waals surface area contributed by atoms with Gasteiger partial charge in [-0.1, -0.05) is 0 Å². The van der Waals surface area contributed by atoms with Gasteiger partial charge >= 0.3 is 49.3 Å². The summed E-state index contributed by atoms with van der Waals surface area (Å²) in [7, 11) is 8.28. The van der Waals surface area contributed by atoms with Crippen LogP contribution in [0.25, 0.3) is 0 Å². The maximum absolute atomic E-state index is 2.19. The first kappa shape index (κ1) is 15.9. The molecular formula is C10H24N2W. The molecule has 3 heteroatoms. The summed E-state index contributed by atoms with van der Waals surface area (Å²) in [5.41, 5.74) is 0.333. The first-order valence-corrected chi connectivity index (χ1v) is 5.91. The zero-order valence-electron chi connectivity index (χ0n) is 10.3. The van der Waals surface area contributed by atoms with Crippen LogP contribution in [0.1, 0.15) is 27.7 Å². The summed E-state index contributed by atoms with van der Waals surface area (Å²) in [6.45, 7) is 8.68. The molecule has 0 spiro atoms. The number of rotatable bonds is 1. The molecule has 0 unspecified atom stereocenters. The average molecular weight is 356 g/mol. The van der Waals surface area contributed by atoms with Crippen molar-refractivity contribution in [1.82, 2.24) is 9.80 Å². The van der Waals surface area contributed by atoms with Crippen LogP contribution in [-0.2, 0) is 19.4 Å². The van der Waals surface area contributed by atoms with E-state index in [-0.39, 0.29) is 0 Å². The van der Waals surface area contributed by atoms with E-state index in [2.05, 4.69) is 65.7 Å². The Hall–Kier alpha value is 0.478. The van der Waals surface area contributed by atoms with Crippen molar-refractivity contribution in [1.29, 1.82) is 0 Å². The van der Waals surface area contributed by atoms with Gasteiger partial charge in [-0.15, -0.1) is 0 Å². The molecule has 0 atom stereocenters. The molecule has 0 saturated heterocycles. The van der Waals surface area contributed by atoms with E-state index < -0.39 is 0 Å². The molecule has 0 aromatic rings. The van der Waals surface area contributed by atoms with E-state index in [0.29, 0.717) is 5.54 Å². The van der Waals surface area contributed by atoms with Crippen molar-refractivity contribution in [3.63, 3.8) is 0 Å². The second-order valence-electron chi connectivity index (χ2n) is 4.48. The first-order chi connectivity index (χ1) is 5.59. The zero-order valence-corrected chi connectivity index (χ0v) is 13.2. The van der Waals surface area contributed by atoms with Crippen LogP contribution < -0.4 is 0 Å². The molecule has 0 amide bonds. The van der Waals surface area contributed by atoms with Crippen LogP contribution in [0.3, 0.4) is 0 Å². The van der Waals surface area contributed by atoms with E-state index >= 15 is 0 Å². The van der Waals surface area contributed by atoms with Gasteiger partial charge in [-0.05, 0) is 34.9 Å². The van der Waals surface area contributed by atoms with Crippen molar-refractivity contribution in [2.75, 3.05) is 28.2 Å². The quantitative estimate of drug-likeness (QED) is 0.704.